The molecule has 112 valence electrons. The van der Waals surface area contributed by atoms with Gasteiger partial charge in [0.25, 0.3) is 0 Å². The molecule has 1 aromatic carbocycles. The third kappa shape index (κ3) is 3.29. The molecule has 0 aromatic heterocycles. The fourth-order valence-corrected chi connectivity index (χ4v) is 3.40. The van der Waals surface area contributed by atoms with Crippen molar-refractivity contribution in [2.24, 2.45) is 17.8 Å². The van der Waals surface area contributed by atoms with Crippen LogP contribution >= 0.6 is 11.6 Å². The van der Waals surface area contributed by atoms with Gasteiger partial charge in [0.2, 0.25) is 5.91 Å². The van der Waals surface area contributed by atoms with Crippen molar-refractivity contribution in [1.29, 1.82) is 0 Å². The highest BCUT2D eigenvalue weighted by Gasteiger charge is 2.54. The van der Waals surface area contributed by atoms with E-state index in [1.807, 2.05) is 0 Å². The number of hydrazine groups is 1. The minimum absolute atomic E-state index is 0.0712. The third-order valence-corrected chi connectivity index (χ3v) is 4.61. The normalized spacial score (nSPS) is 26.4. The van der Waals surface area contributed by atoms with Crippen LogP contribution in [0.3, 0.4) is 0 Å². The second kappa shape index (κ2) is 5.93. The Labute approximate surface area is 128 Å². The average Bonchev–Trinajstić information content (AvgIpc) is 3.22. The Balaban J connectivity index is 1.43. The molecule has 2 aliphatic carbocycles. The second-order valence-corrected chi connectivity index (χ2v) is 6.15. The second-order valence-electron chi connectivity index (χ2n) is 5.71. The fourth-order valence-electron chi connectivity index (χ4n) is 3.28. The maximum Gasteiger partial charge on any atom is 0.337 e. The maximum absolute atomic E-state index is 12.0. The number of anilines is 1. The van der Waals surface area contributed by atoms with Crippen LogP contribution in [-0.2, 0) is 4.79 Å². The lowest BCUT2D eigenvalue weighted by molar-refractivity contribution is -0.123. The Morgan fingerprint density at radius 3 is 2.24 bits per heavy atom. The Hall–Kier alpha value is -1.75. The molecule has 1 aromatic rings. The first kappa shape index (κ1) is 14.2. The molecule has 2 saturated carbocycles. The number of fused-ring (bicyclic) bond motifs is 1. The molecule has 3 N–H and O–H groups in total. The summed E-state index contributed by atoms with van der Waals surface area (Å²) < 4.78 is 0. The molecule has 0 heterocycles. The predicted octanol–water partition coefficient (Wildman–Crippen LogP) is 2.93. The van der Waals surface area contributed by atoms with Gasteiger partial charge in [-0.3, -0.25) is 10.2 Å². The Kier molecular flexibility index (Phi) is 4.01. The molecule has 2 aliphatic rings. The molecule has 0 aliphatic heterocycles. The van der Waals surface area contributed by atoms with Crippen molar-refractivity contribution in [1.82, 2.24) is 10.9 Å². The first-order valence-corrected chi connectivity index (χ1v) is 7.65. The van der Waals surface area contributed by atoms with Gasteiger partial charge in [-0.2, -0.15) is 0 Å². The number of urea groups is 1. The van der Waals surface area contributed by atoms with Crippen LogP contribution in [0, 0.1) is 17.8 Å². The van der Waals surface area contributed by atoms with E-state index in [1.165, 1.54) is 12.8 Å². The Morgan fingerprint density at radius 1 is 1.00 bits per heavy atom. The number of hydrogen-bond acceptors (Lipinski definition) is 2. The molecule has 0 saturated heterocycles. The molecule has 0 bridgehead atoms. The number of amides is 3. The lowest BCUT2D eigenvalue weighted by Crippen LogP contribution is -2.45. The van der Waals surface area contributed by atoms with Crippen LogP contribution in [0.4, 0.5) is 10.5 Å². The van der Waals surface area contributed by atoms with Gasteiger partial charge >= 0.3 is 6.03 Å². The molecule has 2 fully saturated rings. The quantitative estimate of drug-likeness (QED) is 0.735. The van der Waals surface area contributed by atoms with E-state index >= 15 is 0 Å². The number of carbonyl (C=O) groups excluding carboxylic acids is 2. The van der Waals surface area contributed by atoms with E-state index in [9.17, 15) is 9.59 Å². The highest BCUT2D eigenvalue weighted by Crippen LogP contribution is 2.55. The van der Waals surface area contributed by atoms with Crippen molar-refractivity contribution in [3.8, 4) is 0 Å². The van der Waals surface area contributed by atoms with Gasteiger partial charge in [-0.1, -0.05) is 24.4 Å². The minimum atomic E-state index is -0.464. The van der Waals surface area contributed by atoms with Crippen molar-refractivity contribution in [3.05, 3.63) is 29.3 Å². The van der Waals surface area contributed by atoms with Crippen LogP contribution in [0.15, 0.2) is 24.3 Å². The van der Waals surface area contributed by atoms with Crippen LogP contribution in [-0.4, -0.2) is 11.9 Å². The maximum atomic E-state index is 12.0. The Bertz CT molecular complexity index is 534. The monoisotopic (exact) mass is 307 g/mol. The number of hydrogen-bond donors (Lipinski definition) is 3. The van der Waals surface area contributed by atoms with E-state index < -0.39 is 6.03 Å². The summed E-state index contributed by atoms with van der Waals surface area (Å²) in [5.74, 6) is 1.07. The van der Waals surface area contributed by atoms with E-state index in [0.29, 0.717) is 22.5 Å². The molecule has 2 atom stereocenters. The molecule has 21 heavy (non-hydrogen) atoms. The number of carbonyl (C=O) groups is 2. The van der Waals surface area contributed by atoms with Crippen molar-refractivity contribution in [2.75, 3.05) is 5.32 Å². The van der Waals surface area contributed by atoms with E-state index in [-0.39, 0.29) is 11.8 Å². The van der Waals surface area contributed by atoms with Gasteiger partial charge in [-0.15, -0.1) is 0 Å². The molecular weight excluding hydrogens is 290 g/mol. The van der Waals surface area contributed by atoms with Crippen molar-refractivity contribution < 1.29 is 9.59 Å². The molecular formula is C15H18ClN3O2. The molecule has 3 amide bonds. The zero-order valence-corrected chi connectivity index (χ0v) is 12.3. The predicted molar refractivity (Wildman–Crippen MR) is 80.7 cm³/mol. The lowest BCUT2D eigenvalue weighted by atomic mass is 10.0. The standard InChI is InChI=1S/C15H18ClN3O2/c16-9-5-7-10(8-6-9)17-15(21)19-18-14(20)13-11-3-1-2-4-12(11)13/h5-8,11-13H,1-4H2,(H,18,20)(H2,17,19,21)/t11-,12-/m0/s1. The fraction of sp³-hybridized carbons (Fsp3) is 0.467. The summed E-state index contributed by atoms with van der Waals surface area (Å²) in [4.78, 5) is 23.7. The van der Waals surface area contributed by atoms with Gasteiger partial charge in [0.15, 0.2) is 0 Å². The summed E-state index contributed by atoms with van der Waals surface area (Å²) in [6.07, 6.45) is 4.71. The molecule has 0 spiro atoms. The zero-order chi connectivity index (χ0) is 14.8. The molecule has 6 heteroatoms. The summed E-state index contributed by atoms with van der Waals surface area (Å²) in [5.41, 5.74) is 5.52. The largest absolute Gasteiger partial charge is 0.337 e. The highest BCUT2D eigenvalue weighted by molar-refractivity contribution is 6.30. The summed E-state index contributed by atoms with van der Waals surface area (Å²) in [6, 6.07) is 6.29. The molecule has 3 rings (SSSR count). The van der Waals surface area contributed by atoms with Crippen molar-refractivity contribution in [2.45, 2.75) is 25.7 Å². The highest BCUT2D eigenvalue weighted by atomic mass is 35.5. The molecule has 0 radical (unpaired) electrons. The Morgan fingerprint density at radius 2 is 1.62 bits per heavy atom. The lowest BCUT2D eigenvalue weighted by Gasteiger charge is -2.09. The van der Waals surface area contributed by atoms with Crippen molar-refractivity contribution in [3.63, 3.8) is 0 Å². The third-order valence-electron chi connectivity index (χ3n) is 4.36. The van der Waals surface area contributed by atoms with E-state index in [2.05, 4.69) is 16.2 Å². The van der Waals surface area contributed by atoms with Gasteiger partial charge in [0.05, 0.1) is 0 Å². The first-order chi connectivity index (χ1) is 10.1. The summed E-state index contributed by atoms with van der Waals surface area (Å²) in [7, 11) is 0. The topological polar surface area (TPSA) is 70.2 Å². The number of benzene rings is 1. The van der Waals surface area contributed by atoms with Gasteiger partial charge in [0.1, 0.15) is 0 Å². The van der Waals surface area contributed by atoms with E-state index in [4.69, 9.17) is 11.6 Å². The SMILES string of the molecule is O=C(NNC(=O)C1[C@H]2CCCC[C@H]12)Nc1ccc(Cl)cc1. The number of nitrogens with one attached hydrogen (secondary N) is 3. The minimum Gasteiger partial charge on any atom is -0.307 e. The van der Waals surface area contributed by atoms with Gasteiger partial charge in [-0.05, 0) is 48.9 Å². The van der Waals surface area contributed by atoms with E-state index in [1.54, 1.807) is 24.3 Å². The van der Waals surface area contributed by atoms with Crippen LogP contribution in [0.2, 0.25) is 5.02 Å². The first-order valence-electron chi connectivity index (χ1n) is 7.27. The van der Waals surface area contributed by atoms with Crippen LogP contribution in [0.1, 0.15) is 25.7 Å². The van der Waals surface area contributed by atoms with Crippen LogP contribution < -0.4 is 16.2 Å². The average molecular weight is 308 g/mol. The molecule has 0 unspecified atom stereocenters. The van der Waals surface area contributed by atoms with Crippen molar-refractivity contribution >= 4 is 29.2 Å². The number of halogens is 1. The summed E-state index contributed by atoms with van der Waals surface area (Å²) >= 11 is 5.77. The van der Waals surface area contributed by atoms with Crippen LogP contribution in [0.5, 0.6) is 0 Å². The smallest absolute Gasteiger partial charge is 0.307 e. The summed E-state index contributed by atoms with van der Waals surface area (Å²) in [6.45, 7) is 0. The van der Waals surface area contributed by atoms with Gasteiger partial charge in [-0.25, -0.2) is 10.2 Å². The summed E-state index contributed by atoms with van der Waals surface area (Å²) in [5, 5.41) is 3.23. The van der Waals surface area contributed by atoms with Gasteiger partial charge < -0.3 is 5.32 Å². The van der Waals surface area contributed by atoms with E-state index in [0.717, 1.165) is 12.8 Å². The molecule has 5 nitrogen and oxygen atoms in total. The van der Waals surface area contributed by atoms with Crippen LogP contribution in [0.25, 0.3) is 0 Å². The number of rotatable bonds is 2. The van der Waals surface area contributed by atoms with Gasteiger partial charge in [0, 0.05) is 16.6 Å². The zero-order valence-electron chi connectivity index (χ0n) is 11.6.